The topological polar surface area (TPSA) is 75.6 Å². The lowest BCUT2D eigenvalue weighted by Crippen LogP contribution is -2.44. The third-order valence-electron chi connectivity index (χ3n) is 5.99. The van der Waals surface area contributed by atoms with Gasteiger partial charge in [-0.1, -0.05) is 72.0 Å². The summed E-state index contributed by atoms with van der Waals surface area (Å²) in [5, 5.41) is 14.6. The molecule has 5 nitrogen and oxygen atoms in total. The van der Waals surface area contributed by atoms with Gasteiger partial charge in [-0.3, -0.25) is 9.59 Å². The number of anilines is 1. The minimum atomic E-state index is -1.69. The summed E-state index contributed by atoms with van der Waals surface area (Å²) in [7, 11) is 0.239. The van der Waals surface area contributed by atoms with Crippen molar-refractivity contribution in [2.75, 3.05) is 17.7 Å². The molecule has 0 unspecified atom stereocenters. The molecule has 2 aromatic carbocycles. The first kappa shape index (κ1) is 29.0. The predicted molar refractivity (Wildman–Crippen MR) is 150 cm³/mol. The third kappa shape index (κ3) is 8.14. The average molecular weight is 516 g/mol. The van der Waals surface area contributed by atoms with Gasteiger partial charge in [0.15, 0.2) is 0 Å². The van der Waals surface area contributed by atoms with Crippen LogP contribution in [0.3, 0.4) is 0 Å². The summed E-state index contributed by atoms with van der Waals surface area (Å²) in [5.41, 5.74) is 2.54. The van der Waals surface area contributed by atoms with E-state index in [2.05, 4.69) is 96.4 Å². The number of benzene rings is 2. The molecule has 2 N–H and O–H groups in total. The van der Waals surface area contributed by atoms with Crippen molar-refractivity contribution in [3.8, 4) is 5.75 Å². The molecule has 0 spiro atoms. The van der Waals surface area contributed by atoms with Gasteiger partial charge < -0.3 is 15.2 Å². The maximum absolute atomic E-state index is 12.5. The zero-order valence-electron chi connectivity index (χ0n) is 22.7. The van der Waals surface area contributed by atoms with Crippen LogP contribution in [0.4, 0.5) is 5.69 Å². The number of esters is 1. The van der Waals surface area contributed by atoms with E-state index in [1.807, 2.05) is 18.8 Å². The molecule has 7 heteroatoms. The third-order valence-corrected chi connectivity index (χ3v) is 11.9. The normalized spacial score (nSPS) is 12.4. The van der Waals surface area contributed by atoms with Crippen molar-refractivity contribution in [3.05, 3.63) is 47.5 Å². The van der Waals surface area contributed by atoms with Crippen molar-refractivity contribution in [1.82, 2.24) is 0 Å². The van der Waals surface area contributed by atoms with Crippen molar-refractivity contribution in [1.29, 1.82) is 0 Å². The molecule has 0 aromatic heterocycles. The standard InChI is InChI=1S/C28H41NO4SSi/c1-27(2,3)22-16-20(34-18-35(8,9)21-12-10-19(29-7)11-13-21)17-23(28(4,5)6)26(22)33-25(32)15-14-24(30)31/h10-13,16-17,29H,14-15,18H2,1-9H3,(H,30,31). The summed E-state index contributed by atoms with van der Waals surface area (Å²) in [4.78, 5) is 24.6. The molecular weight excluding hydrogens is 474 g/mol. The molecule has 192 valence electrons. The average Bonchev–Trinajstić information content (AvgIpc) is 2.75. The number of carbonyl (C=O) groups excluding carboxylic acids is 1. The molecule has 0 saturated heterocycles. The number of hydrogen-bond donors (Lipinski definition) is 2. The van der Waals surface area contributed by atoms with Crippen LogP contribution in [-0.2, 0) is 20.4 Å². The summed E-state index contributed by atoms with van der Waals surface area (Å²) < 4.78 is 5.86. The van der Waals surface area contributed by atoms with Crippen LogP contribution in [0.5, 0.6) is 5.75 Å². The minimum Gasteiger partial charge on any atom is -0.481 e. The quantitative estimate of drug-likeness (QED) is 0.176. The Morgan fingerprint density at radius 1 is 0.943 bits per heavy atom. The lowest BCUT2D eigenvalue weighted by Gasteiger charge is -2.30. The van der Waals surface area contributed by atoms with Gasteiger partial charge in [-0.2, -0.15) is 0 Å². The van der Waals surface area contributed by atoms with Crippen LogP contribution >= 0.6 is 11.8 Å². The van der Waals surface area contributed by atoms with Crippen LogP contribution in [0.15, 0.2) is 41.3 Å². The van der Waals surface area contributed by atoms with E-state index in [0.29, 0.717) is 5.75 Å². The van der Waals surface area contributed by atoms with Gasteiger partial charge in [-0.15, -0.1) is 11.8 Å². The van der Waals surface area contributed by atoms with Crippen molar-refractivity contribution in [2.45, 2.75) is 83.2 Å². The highest BCUT2D eigenvalue weighted by molar-refractivity contribution is 8.01. The minimum absolute atomic E-state index is 0.148. The Balaban J connectivity index is 2.43. The molecule has 2 aromatic rings. The Hall–Kier alpha value is -2.25. The predicted octanol–water partition coefficient (Wildman–Crippen LogP) is 6.34. The first-order chi connectivity index (χ1) is 16.0. The molecular formula is C28H41NO4SSi. The van der Waals surface area contributed by atoms with E-state index in [1.165, 1.54) is 5.19 Å². The molecule has 0 aliphatic carbocycles. The Kier molecular flexibility index (Phi) is 9.28. The van der Waals surface area contributed by atoms with E-state index in [0.717, 1.165) is 27.1 Å². The van der Waals surface area contributed by atoms with Crippen LogP contribution in [0.2, 0.25) is 13.1 Å². The fraction of sp³-hybridized carbons (Fsp3) is 0.500. The molecule has 0 atom stereocenters. The summed E-state index contributed by atoms with van der Waals surface area (Å²) >= 11 is 1.86. The Morgan fingerprint density at radius 2 is 1.46 bits per heavy atom. The van der Waals surface area contributed by atoms with Gasteiger partial charge in [-0.05, 0) is 40.5 Å². The van der Waals surface area contributed by atoms with Crippen molar-refractivity contribution < 1.29 is 19.4 Å². The molecule has 0 fully saturated rings. The van der Waals surface area contributed by atoms with E-state index < -0.39 is 20.0 Å². The Labute approximate surface area is 216 Å². The van der Waals surface area contributed by atoms with Gasteiger partial charge >= 0.3 is 11.9 Å². The van der Waals surface area contributed by atoms with Gasteiger partial charge in [-0.25, -0.2) is 0 Å². The van der Waals surface area contributed by atoms with E-state index in [4.69, 9.17) is 9.84 Å². The highest BCUT2D eigenvalue weighted by Gasteiger charge is 2.30. The Morgan fingerprint density at radius 3 is 1.89 bits per heavy atom. The number of carbonyl (C=O) groups is 2. The van der Waals surface area contributed by atoms with E-state index in [1.54, 1.807) is 0 Å². The fourth-order valence-electron chi connectivity index (χ4n) is 3.72. The van der Waals surface area contributed by atoms with Gasteiger partial charge in [0, 0.05) is 28.8 Å². The van der Waals surface area contributed by atoms with Crippen molar-refractivity contribution in [2.24, 2.45) is 0 Å². The summed E-state index contributed by atoms with van der Waals surface area (Å²) in [6.45, 7) is 17.4. The van der Waals surface area contributed by atoms with Crippen molar-refractivity contribution in [3.63, 3.8) is 0 Å². The molecule has 0 saturated carbocycles. The number of carboxylic acids is 1. The van der Waals surface area contributed by atoms with Crippen LogP contribution in [0, 0.1) is 0 Å². The first-order valence-electron chi connectivity index (χ1n) is 12.1. The number of aliphatic carboxylic acids is 1. The highest BCUT2D eigenvalue weighted by Crippen LogP contribution is 2.43. The molecule has 0 aliphatic rings. The monoisotopic (exact) mass is 515 g/mol. The lowest BCUT2D eigenvalue weighted by molar-refractivity contribution is -0.142. The van der Waals surface area contributed by atoms with Gasteiger partial charge in [0.05, 0.1) is 20.9 Å². The molecule has 35 heavy (non-hydrogen) atoms. The van der Waals surface area contributed by atoms with Crippen molar-refractivity contribution >= 4 is 42.6 Å². The van der Waals surface area contributed by atoms with Gasteiger partial charge in [0.1, 0.15) is 5.75 Å². The van der Waals surface area contributed by atoms with Gasteiger partial charge in [0.2, 0.25) is 0 Å². The first-order valence-corrected chi connectivity index (χ1v) is 16.3. The number of hydrogen-bond acceptors (Lipinski definition) is 5. The lowest BCUT2D eigenvalue weighted by atomic mass is 9.79. The molecule has 0 amide bonds. The second-order valence-corrected chi connectivity index (χ2v) is 18.0. The zero-order valence-corrected chi connectivity index (χ0v) is 24.5. The highest BCUT2D eigenvalue weighted by atomic mass is 32.2. The number of rotatable bonds is 9. The fourth-order valence-corrected chi connectivity index (χ4v) is 7.97. The second-order valence-electron chi connectivity index (χ2n) is 11.7. The second kappa shape index (κ2) is 11.2. The number of carboxylic acid groups (broad SMARTS) is 1. The summed E-state index contributed by atoms with van der Waals surface area (Å²) in [5.74, 6) is -0.945. The van der Waals surface area contributed by atoms with Crippen LogP contribution in [0.25, 0.3) is 0 Å². The molecule has 0 heterocycles. The van der Waals surface area contributed by atoms with E-state index in [9.17, 15) is 9.59 Å². The smallest absolute Gasteiger partial charge is 0.311 e. The number of nitrogens with one attached hydrogen (secondary N) is 1. The van der Waals surface area contributed by atoms with Gasteiger partial charge in [0.25, 0.3) is 0 Å². The van der Waals surface area contributed by atoms with Crippen LogP contribution in [-0.4, -0.2) is 37.5 Å². The Bertz CT molecular complexity index is 1020. The molecule has 0 aliphatic heterocycles. The van der Waals surface area contributed by atoms with E-state index in [-0.39, 0.29) is 23.7 Å². The maximum atomic E-state index is 12.5. The molecule has 0 bridgehead atoms. The SMILES string of the molecule is CNc1ccc([Si](C)(C)CSc2cc(C(C)(C)C)c(OC(=O)CCC(=O)O)c(C(C)(C)C)c2)cc1. The van der Waals surface area contributed by atoms with E-state index >= 15 is 0 Å². The summed E-state index contributed by atoms with van der Waals surface area (Å²) in [6, 6.07) is 13.0. The number of ether oxygens (including phenoxy) is 1. The molecule has 2 rings (SSSR count). The number of thioether (sulfide) groups is 1. The summed E-state index contributed by atoms with van der Waals surface area (Å²) in [6.07, 6.45) is -0.386. The largest absolute Gasteiger partial charge is 0.481 e. The maximum Gasteiger partial charge on any atom is 0.311 e. The molecule has 0 radical (unpaired) electrons. The zero-order chi connectivity index (χ0) is 26.6. The van der Waals surface area contributed by atoms with Crippen LogP contribution < -0.4 is 15.2 Å². The van der Waals surface area contributed by atoms with Crippen LogP contribution in [0.1, 0.15) is 65.5 Å².